The first-order valence-electron chi connectivity index (χ1n) is 5.54. The number of nitrogens with zero attached hydrogens (tertiary/aromatic N) is 1. The fourth-order valence-electron chi connectivity index (χ4n) is 1.90. The van der Waals surface area contributed by atoms with Crippen LogP contribution in [0.4, 0.5) is 5.69 Å². The Balaban J connectivity index is 2.48. The van der Waals surface area contributed by atoms with E-state index < -0.39 is 0 Å². The Morgan fingerprint density at radius 1 is 1.28 bits per heavy atom. The van der Waals surface area contributed by atoms with E-state index >= 15 is 0 Å². The van der Waals surface area contributed by atoms with Gasteiger partial charge in [0, 0.05) is 22.6 Å². The van der Waals surface area contributed by atoms with Crippen molar-refractivity contribution < 1.29 is 0 Å². The Labute approximate surface area is 115 Å². The SMILES string of the molecule is Cc1cncc(C(NN)c2cc(Br)ccc2N)c1. The summed E-state index contributed by atoms with van der Waals surface area (Å²) in [6.07, 6.45) is 3.60. The molecule has 0 radical (unpaired) electrons. The van der Waals surface area contributed by atoms with Gasteiger partial charge in [0.15, 0.2) is 0 Å². The van der Waals surface area contributed by atoms with E-state index in [0.29, 0.717) is 5.69 Å². The molecule has 2 aromatic rings. The Kier molecular flexibility index (Phi) is 3.96. The number of aryl methyl sites for hydroxylation is 1. The first-order valence-corrected chi connectivity index (χ1v) is 6.33. The Morgan fingerprint density at radius 3 is 2.72 bits per heavy atom. The average molecular weight is 307 g/mol. The highest BCUT2D eigenvalue weighted by Gasteiger charge is 2.16. The second-order valence-corrected chi connectivity index (χ2v) is 5.08. The molecule has 1 aromatic carbocycles. The summed E-state index contributed by atoms with van der Waals surface area (Å²) in [5.74, 6) is 5.66. The second-order valence-electron chi connectivity index (χ2n) is 4.17. The van der Waals surface area contributed by atoms with E-state index in [9.17, 15) is 0 Å². The molecule has 5 heteroatoms. The molecular formula is C13H15BrN4. The van der Waals surface area contributed by atoms with Crippen molar-refractivity contribution in [3.05, 3.63) is 57.8 Å². The van der Waals surface area contributed by atoms with Crippen LogP contribution in [-0.4, -0.2) is 4.98 Å². The largest absolute Gasteiger partial charge is 0.398 e. The van der Waals surface area contributed by atoms with Crippen molar-refractivity contribution in [1.29, 1.82) is 0 Å². The summed E-state index contributed by atoms with van der Waals surface area (Å²) in [4.78, 5) is 4.18. The zero-order valence-electron chi connectivity index (χ0n) is 10.0. The Hall–Kier alpha value is -1.43. The number of benzene rings is 1. The van der Waals surface area contributed by atoms with Crippen LogP contribution in [0.1, 0.15) is 22.7 Å². The van der Waals surface area contributed by atoms with Crippen molar-refractivity contribution in [2.75, 3.05) is 5.73 Å². The van der Waals surface area contributed by atoms with Crippen LogP contribution in [0.25, 0.3) is 0 Å². The van der Waals surface area contributed by atoms with E-state index in [4.69, 9.17) is 11.6 Å². The maximum absolute atomic E-state index is 6.00. The van der Waals surface area contributed by atoms with Gasteiger partial charge in [-0.1, -0.05) is 22.0 Å². The number of hydrazine groups is 1. The lowest BCUT2D eigenvalue weighted by atomic mass is 9.98. The molecule has 0 saturated carbocycles. The molecule has 1 unspecified atom stereocenters. The number of rotatable bonds is 3. The van der Waals surface area contributed by atoms with E-state index in [1.54, 1.807) is 12.4 Å². The minimum absolute atomic E-state index is 0.171. The summed E-state index contributed by atoms with van der Waals surface area (Å²) in [5.41, 5.74) is 12.5. The number of hydrogen-bond acceptors (Lipinski definition) is 4. The van der Waals surface area contributed by atoms with Gasteiger partial charge < -0.3 is 5.73 Å². The van der Waals surface area contributed by atoms with Crippen LogP contribution >= 0.6 is 15.9 Å². The first kappa shape index (κ1) is 13.0. The maximum Gasteiger partial charge on any atom is 0.0745 e. The summed E-state index contributed by atoms with van der Waals surface area (Å²) in [6.45, 7) is 1.99. The third-order valence-corrected chi connectivity index (χ3v) is 3.25. The van der Waals surface area contributed by atoms with Crippen molar-refractivity contribution >= 4 is 21.6 Å². The molecule has 2 rings (SSSR count). The fraction of sp³-hybridized carbons (Fsp3) is 0.154. The molecule has 1 atom stereocenters. The third-order valence-electron chi connectivity index (χ3n) is 2.76. The van der Waals surface area contributed by atoms with Crippen LogP contribution in [0.15, 0.2) is 41.1 Å². The molecule has 1 aromatic heterocycles. The molecule has 0 spiro atoms. The van der Waals surface area contributed by atoms with E-state index in [1.807, 2.05) is 31.2 Å². The molecule has 0 aliphatic carbocycles. The van der Waals surface area contributed by atoms with Gasteiger partial charge in [-0.3, -0.25) is 10.8 Å². The van der Waals surface area contributed by atoms with Gasteiger partial charge in [0.05, 0.1) is 6.04 Å². The second kappa shape index (κ2) is 5.48. The van der Waals surface area contributed by atoms with Gasteiger partial charge >= 0.3 is 0 Å². The summed E-state index contributed by atoms with van der Waals surface area (Å²) in [6, 6.07) is 7.59. The van der Waals surface area contributed by atoms with Crippen molar-refractivity contribution in [3.8, 4) is 0 Å². The van der Waals surface area contributed by atoms with E-state index in [2.05, 4.69) is 26.3 Å². The van der Waals surface area contributed by atoms with Gasteiger partial charge in [0.1, 0.15) is 0 Å². The number of nitrogen functional groups attached to an aromatic ring is 1. The van der Waals surface area contributed by atoms with Crippen molar-refractivity contribution in [2.45, 2.75) is 13.0 Å². The third kappa shape index (κ3) is 2.69. The van der Waals surface area contributed by atoms with Gasteiger partial charge in [0.2, 0.25) is 0 Å². The highest BCUT2D eigenvalue weighted by Crippen LogP contribution is 2.28. The zero-order chi connectivity index (χ0) is 13.1. The fourth-order valence-corrected chi connectivity index (χ4v) is 2.28. The normalized spacial score (nSPS) is 12.4. The summed E-state index contributed by atoms with van der Waals surface area (Å²) < 4.78 is 0.965. The summed E-state index contributed by atoms with van der Waals surface area (Å²) in [5, 5.41) is 0. The van der Waals surface area contributed by atoms with Crippen molar-refractivity contribution in [3.63, 3.8) is 0 Å². The molecule has 5 N–H and O–H groups in total. The number of pyridine rings is 1. The number of aromatic nitrogens is 1. The molecule has 0 aliphatic rings. The lowest BCUT2D eigenvalue weighted by Crippen LogP contribution is -2.29. The van der Waals surface area contributed by atoms with Crippen molar-refractivity contribution in [2.24, 2.45) is 5.84 Å². The Bertz CT molecular complexity index is 556. The number of nitrogens with two attached hydrogens (primary N) is 2. The predicted octanol–water partition coefficient (Wildman–Crippen LogP) is 2.29. The molecule has 18 heavy (non-hydrogen) atoms. The number of halogens is 1. The van der Waals surface area contributed by atoms with Crippen LogP contribution in [0.3, 0.4) is 0 Å². The molecular weight excluding hydrogens is 292 g/mol. The monoisotopic (exact) mass is 306 g/mol. The molecule has 0 bridgehead atoms. The molecule has 1 heterocycles. The van der Waals surface area contributed by atoms with E-state index in [-0.39, 0.29) is 6.04 Å². The van der Waals surface area contributed by atoms with Gasteiger partial charge in [0.25, 0.3) is 0 Å². The standard InChI is InChI=1S/C13H15BrN4/c1-8-4-9(7-17-6-8)13(18-16)11-5-10(14)2-3-12(11)15/h2-7,13,18H,15-16H2,1H3. The van der Waals surface area contributed by atoms with Gasteiger partial charge in [-0.25, -0.2) is 5.43 Å². The van der Waals surface area contributed by atoms with E-state index in [0.717, 1.165) is 21.2 Å². The highest BCUT2D eigenvalue weighted by molar-refractivity contribution is 9.10. The number of anilines is 1. The van der Waals surface area contributed by atoms with Gasteiger partial charge in [-0.15, -0.1) is 0 Å². The topological polar surface area (TPSA) is 77.0 Å². The lowest BCUT2D eigenvalue weighted by molar-refractivity contribution is 0.635. The molecule has 4 nitrogen and oxygen atoms in total. The first-order chi connectivity index (χ1) is 8.61. The quantitative estimate of drug-likeness (QED) is 0.462. The average Bonchev–Trinajstić information content (AvgIpc) is 2.35. The maximum atomic E-state index is 6.00. The number of nitrogens with one attached hydrogen (secondary N) is 1. The zero-order valence-corrected chi connectivity index (χ0v) is 11.6. The van der Waals surface area contributed by atoms with Crippen LogP contribution in [0.5, 0.6) is 0 Å². The van der Waals surface area contributed by atoms with Crippen LogP contribution in [0, 0.1) is 6.92 Å². The molecule has 94 valence electrons. The highest BCUT2D eigenvalue weighted by atomic mass is 79.9. The number of hydrogen-bond donors (Lipinski definition) is 3. The lowest BCUT2D eigenvalue weighted by Gasteiger charge is -2.19. The smallest absolute Gasteiger partial charge is 0.0745 e. The Morgan fingerprint density at radius 2 is 2.06 bits per heavy atom. The van der Waals surface area contributed by atoms with Crippen LogP contribution < -0.4 is 17.0 Å². The van der Waals surface area contributed by atoms with Crippen LogP contribution in [-0.2, 0) is 0 Å². The molecule has 0 amide bonds. The van der Waals surface area contributed by atoms with Gasteiger partial charge in [-0.05, 0) is 41.8 Å². The van der Waals surface area contributed by atoms with Crippen molar-refractivity contribution in [1.82, 2.24) is 10.4 Å². The van der Waals surface area contributed by atoms with Gasteiger partial charge in [-0.2, -0.15) is 0 Å². The minimum atomic E-state index is -0.171. The molecule has 0 aliphatic heterocycles. The van der Waals surface area contributed by atoms with Crippen LogP contribution in [0.2, 0.25) is 0 Å². The summed E-state index contributed by atoms with van der Waals surface area (Å²) in [7, 11) is 0. The summed E-state index contributed by atoms with van der Waals surface area (Å²) >= 11 is 3.44. The molecule has 0 saturated heterocycles. The minimum Gasteiger partial charge on any atom is -0.398 e. The molecule has 0 fully saturated rings. The predicted molar refractivity (Wildman–Crippen MR) is 76.7 cm³/mol. The van der Waals surface area contributed by atoms with E-state index in [1.165, 1.54) is 0 Å².